The second-order valence-electron chi connectivity index (χ2n) is 12.4. The summed E-state index contributed by atoms with van der Waals surface area (Å²) in [5.41, 5.74) is 4.82. The number of carbonyl (C=O) groups is 5. The van der Waals surface area contributed by atoms with Crippen LogP contribution in [0.4, 0.5) is 5.69 Å². The Bertz CT molecular complexity index is 1630. The third kappa shape index (κ3) is 6.15. The van der Waals surface area contributed by atoms with Crippen LogP contribution in [0.15, 0.2) is 57.9 Å². The number of benzene rings is 1. The van der Waals surface area contributed by atoms with Crippen molar-refractivity contribution < 1.29 is 28.4 Å². The molecule has 0 radical (unpaired) electrons. The molecule has 1 atom stereocenters. The van der Waals surface area contributed by atoms with E-state index < -0.39 is 41.5 Å². The Kier molecular flexibility index (Phi) is 8.07. The van der Waals surface area contributed by atoms with Gasteiger partial charge in [0.25, 0.3) is 17.4 Å². The largest absolute Gasteiger partial charge is 0.451 e. The zero-order valence-electron chi connectivity index (χ0n) is 24.1. The van der Waals surface area contributed by atoms with Crippen LogP contribution >= 0.6 is 0 Å². The highest BCUT2D eigenvalue weighted by Gasteiger charge is 2.48. The molecule has 4 saturated carbocycles. The number of furan rings is 1. The number of anilines is 1. The molecule has 2 aromatic heterocycles. The maximum absolute atomic E-state index is 13.3. The minimum Gasteiger partial charge on any atom is -0.451 e. The smallest absolute Gasteiger partial charge is 0.287 e. The Morgan fingerprint density at radius 2 is 1.66 bits per heavy atom. The molecule has 4 amide bonds. The van der Waals surface area contributed by atoms with Crippen molar-refractivity contribution in [2.45, 2.75) is 63.6 Å². The first-order chi connectivity index (χ1) is 21.1. The summed E-state index contributed by atoms with van der Waals surface area (Å²) in [5, 5.41) is 8.90. The van der Waals surface area contributed by atoms with Gasteiger partial charge in [-0.05, 0) is 86.5 Å². The van der Waals surface area contributed by atoms with Crippen LogP contribution in [0.5, 0.6) is 0 Å². The highest BCUT2D eigenvalue weighted by molar-refractivity contribution is 6.35. The number of hydrogen-bond acceptors (Lipinski definition) is 7. The average molecular weight is 602 g/mol. The van der Waals surface area contributed by atoms with Crippen LogP contribution in [0.2, 0.25) is 0 Å². The molecule has 2 heterocycles. The summed E-state index contributed by atoms with van der Waals surface area (Å²) in [4.78, 5) is 75.8. The highest BCUT2D eigenvalue weighted by Crippen LogP contribution is 2.53. The molecule has 4 aliphatic rings. The number of nitrogens with two attached hydrogens (primary N) is 1. The van der Waals surface area contributed by atoms with Crippen molar-refractivity contribution >= 4 is 46.1 Å². The van der Waals surface area contributed by atoms with E-state index in [9.17, 15) is 28.8 Å². The molecule has 1 aromatic carbocycles. The third-order valence-electron chi connectivity index (χ3n) is 9.35. The van der Waals surface area contributed by atoms with Crippen LogP contribution in [-0.2, 0) is 25.7 Å². The molecule has 4 bridgehead atoms. The van der Waals surface area contributed by atoms with Gasteiger partial charge in [-0.25, -0.2) is 0 Å². The van der Waals surface area contributed by atoms with Gasteiger partial charge in [0, 0.05) is 24.0 Å². The fourth-order valence-electron chi connectivity index (χ4n) is 7.51. The first-order valence-electron chi connectivity index (χ1n) is 15.1. The van der Waals surface area contributed by atoms with E-state index in [2.05, 4.69) is 16.0 Å². The predicted octanol–water partition coefficient (Wildman–Crippen LogP) is 2.11. The molecule has 5 N–H and O–H groups in total. The average Bonchev–Trinajstić information content (AvgIpc) is 3.43. The summed E-state index contributed by atoms with van der Waals surface area (Å²) >= 11 is 0. The maximum Gasteiger partial charge on any atom is 0.287 e. The Hall–Kier alpha value is -4.74. The summed E-state index contributed by atoms with van der Waals surface area (Å²) in [7, 11) is 0. The number of ketones is 1. The number of para-hydroxylation sites is 1. The highest BCUT2D eigenvalue weighted by atomic mass is 16.3. The van der Waals surface area contributed by atoms with Gasteiger partial charge in [-0.2, -0.15) is 0 Å². The first-order valence-corrected chi connectivity index (χ1v) is 15.1. The van der Waals surface area contributed by atoms with Gasteiger partial charge in [0.15, 0.2) is 5.76 Å². The van der Waals surface area contributed by atoms with Gasteiger partial charge in [-0.15, -0.1) is 0 Å². The third-order valence-corrected chi connectivity index (χ3v) is 9.35. The van der Waals surface area contributed by atoms with Crippen molar-refractivity contribution in [2.75, 3.05) is 5.32 Å². The zero-order valence-corrected chi connectivity index (χ0v) is 24.1. The first kappa shape index (κ1) is 29.3. The van der Waals surface area contributed by atoms with E-state index in [1.165, 1.54) is 35.4 Å². The topological polar surface area (TPSA) is 183 Å². The lowest BCUT2D eigenvalue weighted by Gasteiger charge is -2.54. The van der Waals surface area contributed by atoms with Crippen LogP contribution in [0.1, 0.15) is 55.5 Å². The van der Waals surface area contributed by atoms with Gasteiger partial charge < -0.3 is 30.7 Å². The molecule has 0 spiro atoms. The molecule has 12 heteroatoms. The van der Waals surface area contributed by atoms with Gasteiger partial charge in [-0.1, -0.05) is 18.2 Å². The number of hydrogen-bond donors (Lipinski definition) is 4. The SMILES string of the molecule is NC(=O)C(=O)CCC(NC(=O)c1cc2ccccc2o1)C(=O)Nc1cccn(CC(=O)NC2C3CC4CC(C3)CC2C4)c1=O. The van der Waals surface area contributed by atoms with E-state index in [1.54, 1.807) is 24.3 Å². The molecule has 44 heavy (non-hydrogen) atoms. The molecule has 12 nitrogen and oxygen atoms in total. The summed E-state index contributed by atoms with van der Waals surface area (Å²) in [5.74, 6) is -1.37. The Labute approximate surface area is 252 Å². The predicted molar refractivity (Wildman–Crippen MR) is 159 cm³/mol. The molecular formula is C32H35N5O7. The van der Waals surface area contributed by atoms with Crippen LogP contribution in [0, 0.1) is 23.7 Å². The number of amides is 4. The number of nitrogens with zero attached hydrogens (tertiary/aromatic N) is 1. The normalized spacial score (nSPS) is 24.0. The van der Waals surface area contributed by atoms with E-state index in [4.69, 9.17) is 10.2 Å². The van der Waals surface area contributed by atoms with E-state index in [1.807, 2.05) is 0 Å². The number of primary amides is 1. The van der Waals surface area contributed by atoms with Crippen LogP contribution in [0.3, 0.4) is 0 Å². The lowest BCUT2D eigenvalue weighted by atomic mass is 9.54. The summed E-state index contributed by atoms with van der Waals surface area (Å²) in [6, 6.07) is 10.2. The monoisotopic (exact) mass is 601 g/mol. The summed E-state index contributed by atoms with van der Waals surface area (Å²) in [6.07, 6.45) is 6.73. The molecule has 4 aliphatic carbocycles. The molecule has 0 aliphatic heterocycles. The fraction of sp³-hybridized carbons (Fsp3) is 0.438. The van der Waals surface area contributed by atoms with E-state index >= 15 is 0 Å². The Morgan fingerprint density at radius 1 is 0.955 bits per heavy atom. The van der Waals surface area contributed by atoms with Crippen molar-refractivity contribution in [1.29, 1.82) is 0 Å². The lowest BCUT2D eigenvalue weighted by Crippen LogP contribution is -2.56. The second kappa shape index (κ2) is 12.1. The molecule has 230 valence electrons. The Balaban J connectivity index is 1.13. The van der Waals surface area contributed by atoms with Gasteiger partial charge >= 0.3 is 0 Å². The molecule has 4 fully saturated rings. The summed E-state index contributed by atoms with van der Waals surface area (Å²) in [6.45, 7) is -0.204. The van der Waals surface area contributed by atoms with Crippen LogP contribution in [-0.4, -0.2) is 46.1 Å². The molecule has 1 unspecified atom stereocenters. The van der Waals surface area contributed by atoms with E-state index in [0.29, 0.717) is 22.8 Å². The van der Waals surface area contributed by atoms with Crippen molar-refractivity contribution in [1.82, 2.24) is 15.2 Å². The molecule has 0 saturated heterocycles. The zero-order chi connectivity index (χ0) is 31.0. The lowest BCUT2D eigenvalue weighted by molar-refractivity contribution is -0.136. The molecule has 7 rings (SSSR count). The van der Waals surface area contributed by atoms with Gasteiger partial charge in [0.05, 0.1) is 0 Å². The van der Waals surface area contributed by atoms with E-state index in [0.717, 1.165) is 37.5 Å². The van der Waals surface area contributed by atoms with E-state index in [-0.39, 0.29) is 36.4 Å². The summed E-state index contributed by atoms with van der Waals surface area (Å²) < 4.78 is 6.80. The molecule has 3 aromatic rings. The van der Waals surface area contributed by atoms with Gasteiger partial charge in [-0.3, -0.25) is 28.8 Å². The number of carbonyl (C=O) groups excluding carboxylic acids is 5. The quantitative estimate of drug-likeness (QED) is 0.243. The van der Waals surface area contributed by atoms with Crippen molar-refractivity contribution in [3.63, 3.8) is 0 Å². The number of aromatic nitrogens is 1. The number of fused-ring (bicyclic) bond motifs is 1. The van der Waals surface area contributed by atoms with Crippen molar-refractivity contribution in [2.24, 2.45) is 29.4 Å². The molecular weight excluding hydrogens is 566 g/mol. The van der Waals surface area contributed by atoms with Gasteiger partial charge in [0.1, 0.15) is 23.9 Å². The number of pyridine rings is 1. The van der Waals surface area contributed by atoms with Gasteiger partial charge in [0.2, 0.25) is 17.6 Å². The second-order valence-corrected chi connectivity index (χ2v) is 12.4. The number of rotatable bonds is 11. The van der Waals surface area contributed by atoms with Crippen molar-refractivity contribution in [3.05, 3.63) is 64.8 Å². The minimum atomic E-state index is -1.31. The fourth-order valence-corrected chi connectivity index (χ4v) is 7.51. The maximum atomic E-state index is 13.3. The van der Waals surface area contributed by atoms with Crippen LogP contribution in [0.25, 0.3) is 11.0 Å². The standard InChI is InChI=1S/C32H35N5O7/c33-29(40)24(38)8-7-22(34-31(42)26-15-19-4-1-2-6-25(19)44-26)30(41)35-23-5-3-9-37(32(23)43)16-27(39)36-28-20-11-17-10-18(13-20)14-21(28)12-17/h1-6,9,15,17-18,20-22,28H,7-8,10-14,16H2,(H2,33,40)(H,34,42)(H,35,41)(H,36,39). The Morgan fingerprint density at radius 3 is 2.34 bits per heavy atom. The van der Waals surface area contributed by atoms with Crippen molar-refractivity contribution in [3.8, 4) is 0 Å². The van der Waals surface area contributed by atoms with Crippen LogP contribution < -0.4 is 27.2 Å². The number of Topliss-reactive ketones (excluding diaryl/α,β-unsaturated/α-hetero) is 1. The minimum absolute atomic E-state index is 0.0579. The number of nitrogens with one attached hydrogen (secondary N) is 3.